The lowest BCUT2D eigenvalue weighted by molar-refractivity contribution is -0.162. The van der Waals surface area contributed by atoms with E-state index in [-0.39, 0.29) is 29.3 Å². The van der Waals surface area contributed by atoms with Crippen LogP contribution < -0.4 is 16.0 Å². The Morgan fingerprint density at radius 2 is 1.97 bits per heavy atom. The van der Waals surface area contributed by atoms with Gasteiger partial charge in [-0.15, -0.1) is 0 Å². The highest BCUT2D eigenvalue weighted by Gasteiger charge is 2.54. The maximum atomic E-state index is 13.8. The van der Waals surface area contributed by atoms with E-state index in [1.165, 1.54) is 17.8 Å². The summed E-state index contributed by atoms with van der Waals surface area (Å²) < 4.78 is 39.1. The number of nitrogen functional groups attached to an aromatic ring is 1. The normalized spacial score (nSPS) is 29.2. The predicted molar refractivity (Wildman–Crippen MR) is 137 cm³/mol. The van der Waals surface area contributed by atoms with Gasteiger partial charge in [-0.2, -0.15) is 0 Å². The Morgan fingerprint density at radius 1 is 1.24 bits per heavy atom. The summed E-state index contributed by atoms with van der Waals surface area (Å²) in [6.45, 7) is 5.55. The number of carboxylic acid groups (broad SMARTS) is 1. The molecule has 5 N–H and O–H groups in total. The van der Waals surface area contributed by atoms with E-state index in [1.807, 2.05) is 6.92 Å². The van der Waals surface area contributed by atoms with Crippen molar-refractivity contribution in [3.63, 3.8) is 0 Å². The average Bonchev–Trinajstić information content (AvgIpc) is 3.48. The molecule has 6 atom stereocenters. The van der Waals surface area contributed by atoms with Gasteiger partial charge in [0.05, 0.1) is 12.1 Å². The number of rotatable bonds is 8. The van der Waals surface area contributed by atoms with Crippen LogP contribution in [-0.2, 0) is 9.47 Å². The zero-order valence-corrected chi connectivity index (χ0v) is 22.0. The molecule has 2 aromatic rings. The van der Waals surface area contributed by atoms with Gasteiger partial charge in [-0.3, -0.25) is 4.90 Å². The van der Waals surface area contributed by atoms with Crippen LogP contribution in [0.15, 0.2) is 23.4 Å². The number of carbonyl (C=O) groups is 1. The summed E-state index contributed by atoms with van der Waals surface area (Å²) >= 11 is 1.36. The van der Waals surface area contributed by atoms with Gasteiger partial charge >= 0.3 is 6.09 Å². The van der Waals surface area contributed by atoms with Crippen LogP contribution in [0.5, 0.6) is 0 Å². The first-order valence-electron chi connectivity index (χ1n) is 12.6. The van der Waals surface area contributed by atoms with Gasteiger partial charge < -0.3 is 30.7 Å². The summed E-state index contributed by atoms with van der Waals surface area (Å²) in [5.41, 5.74) is 7.00. The van der Waals surface area contributed by atoms with Crippen molar-refractivity contribution in [1.82, 2.24) is 9.97 Å². The number of fused-ring (bicyclic) bond motifs is 1. The third-order valence-corrected chi connectivity index (χ3v) is 8.04. The van der Waals surface area contributed by atoms with Crippen molar-refractivity contribution >= 4 is 35.2 Å². The summed E-state index contributed by atoms with van der Waals surface area (Å²) in [4.78, 5) is 22.6. The minimum atomic E-state index is -1.27. The molecule has 206 valence electrons. The fourth-order valence-electron chi connectivity index (χ4n) is 5.22. The maximum absolute atomic E-state index is 13.8. The molecule has 0 bridgehead atoms. The van der Waals surface area contributed by atoms with E-state index < -0.39 is 47.9 Å². The molecule has 2 saturated carbocycles. The highest BCUT2D eigenvalue weighted by atomic mass is 32.2. The molecule has 10 nitrogen and oxygen atoms in total. The number of aliphatic hydroxyl groups excluding tert-OH is 1. The van der Waals surface area contributed by atoms with Crippen molar-refractivity contribution in [3.05, 3.63) is 35.4 Å². The van der Waals surface area contributed by atoms with Gasteiger partial charge in [-0.05, 0) is 50.8 Å². The SMILES string of the molecule is CCCSc1nc(N[C@@H]2C[C@H](O)[C@H]3OC(C)(C)O[C@H]32)c(N)c(N(C(=O)O)[C@@H]2C[C@H]2c2ccc(F)c(F)c2)n1. The lowest BCUT2D eigenvalue weighted by Crippen LogP contribution is -2.36. The van der Waals surface area contributed by atoms with Crippen molar-refractivity contribution in [2.45, 2.75) is 87.3 Å². The van der Waals surface area contributed by atoms with E-state index in [0.717, 1.165) is 23.5 Å². The second-order valence-corrected chi connectivity index (χ2v) is 11.4. The van der Waals surface area contributed by atoms with Crippen LogP contribution in [0.4, 0.5) is 30.9 Å². The number of halogens is 2. The van der Waals surface area contributed by atoms with Crippen LogP contribution >= 0.6 is 11.8 Å². The van der Waals surface area contributed by atoms with Gasteiger partial charge in [0.25, 0.3) is 0 Å². The molecule has 0 unspecified atom stereocenters. The van der Waals surface area contributed by atoms with Gasteiger partial charge in [-0.1, -0.05) is 24.8 Å². The van der Waals surface area contributed by atoms with Crippen molar-refractivity contribution < 1.29 is 33.3 Å². The van der Waals surface area contributed by atoms with Crippen molar-refractivity contribution in [1.29, 1.82) is 0 Å². The minimum absolute atomic E-state index is 0.0164. The Morgan fingerprint density at radius 3 is 2.66 bits per heavy atom. The van der Waals surface area contributed by atoms with Crippen LogP contribution in [0.3, 0.4) is 0 Å². The van der Waals surface area contributed by atoms with Crippen molar-refractivity contribution in [3.8, 4) is 0 Å². The number of aromatic nitrogens is 2. The summed E-state index contributed by atoms with van der Waals surface area (Å²) in [5.74, 6) is -2.19. The minimum Gasteiger partial charge on any atom is -0.465 e. The molecule has 13 heteroatoms. The Hall–Kier alpha value is -2.74. The molecule has 0 radical (unpaired) electrons. The van der Waals surface area contributed by atoms with E-state index in [0.29, 0.717) is 29.3 Å². The number of hydrogen-bond donors (Lipinski definition) is 4. The van der Waals surface area contributed by atoms with Crippen LogP contribution in [0.25, 0.3) is 0 Å². The third kappa shape index (κ3) is 5.12. The topological polar surface area (TPSA) is 143 Å². The van der Waals surface area contributed by atoms with Crippen LogP contribution in [0.2, 0.25) is 0 Å². The Kier molecular flexibility index (Phi) is 7.14. The zero-order valence-electron chi connectivity index (χ0n) is 21.2. The molecule has 1 amide bonds. The van der Waals surface area contributed by atoms with Crippen molar-refractivity contribution in [2.24, 2.45) is 0 Å². The zero-order chi connectivity index (χ0) is 27.4. The molecule has 5 rings (SSSR count). The van der Waals surface area contributed by atoms with E-state index >= 15 is 0 Å². The summed E-state index contributed by atoms with van der Waals surface area (Å²) in [6.07, 6.45) is -1.42. The van der Waals surface area contributed by atoms with Gasteiger partial charge in [0.1, 0.15) is 17.9 Å². The lowest BCUT2D eigenvalue weighted by Gasteiger charge is -2.26. The largest absolute Gasteiger partial charge is 0.465 e. The second kappa shape index (κ2) is 10.1. The van der Waals surface area contributed by atoms with E-state index in [9.17, 15) is 23.8 Å². The number of aliphatic hydroxyl groups is 1. The molecule has 1 aliphatic heterocycles. The number of nitrogens with two attached hydrogens (primary N) is 1. The van der Waals surface area contributed by atoms with Gasteiger partial charge in [0.15, 0.2) is 34.2 Å². The van der Waals surface area contributed by atoms with Crippen LogP contribution in [0, 0.1) is 11.6 Å². The Balaban J connectivity index is 1.46. The number of amides is 1. The second-order valence-electron chi connectivity index (χ2n) is 10.3. The molecule has 1 aromatic heterocycles. The highest BCUT2D eigenvalue weighted by molar-refractivity contribution is 7.99. The number of anilines is 3. The molecule has 1 saturated heterocycles. The van der Waals surface area contributed by atoms with E-state index in [1.54, 1.807) is 13.8 Å². The number of nitrogens with zero attached hydrogens (tertiary/aromatic N) is 3. The molecular formula is C25H31F2N5O5S. The quantitative estimate of drug-likeness (QED) is 0.281. The summed E-state index contributed by atoms with van der Waals surface area (Å²) in [5, 5.41) is 24.3. The first-order chi connectivity index (χ1) is 18.0. The Labute approximate surface area is 222 Å². The number of benzene rings is 1. The van der Waals surface area contributed by atoms with Crippen LogP contribution in [-0.4, -0.2) is 68.2 Å². The van der Waals surface area contributed by atoms with Crippen LogP contribution in [0.1, 0.15) is 51.5 Å². The first kappa shape index (κ1) is 26.9. The fourth-order valence-corrected chi connectivity index (χ4v) is 5.91. The summed E-state index contributed by atoms with van der Waals surface area (Å²) in [6, 6.07) is 2.63. The maximum Gasteiger partial charge on any atom is 0.413 e. The standard InChI is InChI=1S/C25H31F2N5O5S/c1-4-7-38-23-30-21(29-15-10-17(33)20-19(15)36-25(2,3)37-20)18(28)22(31-23)32(24(34)35)16-9-12(16)11-5-6-13(26)14(27)8-11/h5-6,8,12,15-17,19-20,33H,4,7,9-10,28H2,1-3H3,(H,34,35)(H,29,30,31)/t12-,15+,16+,17-,19-,20+/m0/s1. The Bertz CT molecular complexity index is 1240. The molecule has 1 aromatic carbocycles. The molecule has 3 fully saturated rings. The van der Waals surface area contributed by atoms with Gasteiger partial charge in [0, 0.05) is 17.7 Å². The van der Waals surface area contributed by atoms with Gasteiger partial charge in [-0.25, -0.2) is 23.5 Å². The predicted octanol–water partition coefficient (Wildman–Crippen LogP) is 3.94. The number of hydrogen-bond acceptors (Lipinski definition) is 9. The molecular weight excluding hydrogens is 520 g/mol. The first-order valence-corrected chi connectivity index (χ1v) is 13.5. The molecule has 2 heterocycles. The van der Waals surface area contributed by atoms with E-state index in [2.05, 4.69) is 15.3 Å². The molecule has 2 aliphatic carbocycles. The highest BCUT2D eigenvalue weighted by Crippen LogP contribution is 2.48. The summed E-state index contributed by atoms with van der Waals surface area (Å²) in [7, 11) is 0. The van der Waals surface area contributed by atoms with Crippen molar-refractivity contribution in [2.75, 3.05) is 21.7 Å². The molecule has 0 spiro atoms. The lowest BCUT2D eigenvalue weighted by atomic mass is 10.1. The molecule has 38 heavy (non-hydrogen) atoms. The number of ether oxygens (including phenoxy) is 2. The number of nitrogens with one attached hydrogen (secondary N) is 1. The molecule has 3 aliphatic rings. The smallest absolute Gasteiger partial charge is 0.413 e. The fraction of sp³-hybridized carbons (Fsp3) is 0.560. The average molecular weight is 552 g/mol. The van der Waals surface area contributed by atoms with E-state index in [4.69, 9.17) is 15.2 Å². The third-order valence-electron chi connectivity index (χ3n) is 6.99. The monoisotopic (exact) mass is 551 g/mol. The van der Waals surface area contributed by atoms with Gasteiger partial charge in [0.2, 0.25) is 0 Å². The number of thioether (sulfide) groups is 1.